The summed E-state index contributed by atoms with van der Waals surface area (Å²) in [5.74, 6) is 0. The van der Waals surface area contributed by atoms with Crippen LogP contribution in [0.25, 0.3) is 0 Å². The van der Waals surface area contributed by atoms with E-state index in [1.54, 1.807) is 6.20 Å². The Morgan fingerprint density at radius 3 is 2.42 bits per heavy atom. The van der Waals surface area contributed by atoms with Gasteiger partial charge < -0.3 is 5.32 Å². The van der Waals surface area contributed by atoms with E-state index in [2.05, 4.69) is 41.0 Å². The number of rotatable bonds is 8. The van der Waals surface area contributed by atoms with Gasteiger partial charge in [0.15, 0.2) is 0 Å². The molecule has 1 heterocycles. The molecule has 0 bridgehead atoms. The zero-order valence-electron chi connectivity index (χ0n) is 14.9. The lowest BCUT2D eigenvalue weighted by Gasteiger charge is -2.18. The van der Waals surface area contributed by atoms with Gasteiger partial charge in [0.1, 0.15) is 0 Å². The van der Waals surface area contributed by atoms with Gasteiger partial charge in [-0.15, -0.1) is 0 Å². The van der Waals surface area contributed by atoms with E-state index in [1.807, 2.05) is 0 Å². The fourth-order valence-electron chi connectivity index (χ4n) is 2.42. The SMILES string of the molecule is CC(C)(C)c1[nH]ncc1CNCCNS(=O)(=O)c1ccc([N+](=O)[O-])cc1. The Labute approximate surface area is 152 Å². The quantitative estimate of drug-likeness (QED) is 0.362. The number of aromatic nitrogens is 2. The van der Waals surface area contributed by atoms with E-state index in [-0.39, 0.29) is 22.5 Å². The molecular weight excluding hydrogens is 358 g/mol. The van der Waals surface area contributed by atoms with Crippen molar-refractivity contribution in [2.75, 3.05) is 13.1 Å². The zero-order valence-corrected chi connectivity index (χ0v) is 15.8. The van der Waals surface area contributed by atoms with Crippen molar-refractivity contribution in [2.24, 2.45) is 0 Å². The van der Waals surface area contributed by atoms with Crippen molar-refractivity contribution in [2.45, 2.75) is 37.6 Å². The number of sulfonamides is 1. The van der Waals surface area contributed by atoms with Crippen molar-refractivity contribution in [1.82, 2.24) is 20.2 Å². The van der Waals surface area contributed by atoms with Gasteiger partial charge in [-0.3, -0.25) is 15.2 Å². The van der Waals surface area contributed by atoms with Crippen LogP contribution in [0.5, 0.6) is 0 Å². The van der Waals surface area contributed by atoms with Gasteiger partial charge in [0.25, 0.3) is 5.69 Å². The second kappa shape index (κ2) is 7.94. The number of nitro benzene ring substituents is 1. The number of H-pyrrole nitrogens is 1. The first-order chi connectivity index (χ1) is 12.1. The van der Waals surface area contributed by atoms with Gasteiger partial charge in [0.2, 0.25) is 10.0 Å². The molecule has 26 heavy (non-hydrogen) atoms. The number of nitro groups is 1. The molecule has 2 aromatic rings. The predicted molar refractivity (Wildman–Crippen MR) is 97.3 cm³/mol. The summed E-state index contributed by atoms with van der Waals surface area (Å²) in [7, 11) is -3.70. The van der Waals surface area contributed by atoms with Crippen molar-refractivity contribution in [1.29, 1.82) is 0 Å². The molecule has 0 fully saturated rings. The monoisotopic (exact) mass is 381 g/mol. The van der Waals surface area contributed by atoms with E-state index in [1.165, 1.54) is 24.3 Å². The van der Waals surface area contributed by atoms with Crippen molar-refractivity contribution in [3.8, 4) is 0 Å². The highest BCUT2D eigenvalue weighted by atomic mass is 32.2. The number of nitrogens with zero attached hydrogens (tertiary/aromatic N) is 2. The maximum absolute atomic E-state index is 12.2. The van der Waals surface area contributed by atoms with Gasteiger partial charge in [-0.2, -0.15) is 5.10 Å². The molecule has 0 atom stereocenters. The van der Waals surface area contributed by atoms with Gasteiger partial charge in [-0.1, -0.05) is 20.8 Å². The molecule has 0 aliphatic heterocycles. The molecule has 0 aliphatic rings. The summed E-state index contributed by atoms with van der Waals surface area (Å²) >= 11 is 0. The molecule has 1 aromatic heterocycles. The molecule has 0 unspecified atom stereocenters. The Morgan fingerprint density at radius 2 is 1.85 bits per heavy atom. The average molecular weight is 381 g/mol. The zero-order chi connectivity index (χ0) is 19.4. The van der Waals surface area contributed by atoms with E-state index in [0.717, 1.165) is 11.3 Å². The van der Waals surface area contributed by atoms with Crippen LogP contribution in [0.1, 0.15) is 32.0 Å². The Balaban J connectivity index is 1.84. The second-order valence-corrected chi connectivity index (χ2v) is 8.61. The Kier molecular flexibility index (Phi) is 6.11. The number of non-ortho nitro benzene ring substituents is 1. The lowest BCUT2D eigenvalue weighted by Crippen LogP contribution is -2.32. The van der Waals surface area contributed by atoms with Crippen LogP contribution in [-0.4, -0.2) is 36.6 Å². The molecule has 0 amide bonds. The lowest BCUT2D eigenvalue weighted by molar-refractivity contribution is -0.384. The molecule has 1 aromatic carbocycles. The second-order valence-electron chi connectivity index (χ2n) is 6.85. The van der Waals surface area contributed by atoms with E-state index in [9.17, 15) is 18.5 Å². The molecule has 0 aliphatic carbocycles. The largest absolute Gasteiger partial charge is 0.311 e. The number of hydrogen-bond acceptors (Lipinski definition) is 6. The minimum atomic E-state index is -3.70. The predicted octanol–water partition coefficient (Wildman–Crippen LogP) is 1.68. The molecule has 0 radical (unpaired) electrons. The summed E-state index contributed by atoms with van der Waals surface area (Å²) < 4.78 is 26.8. The van der Waals surface area contributed by atoms with Crippen LogP contribution in [0.15, 0.2) is 35.4 Å². The smallest absolute Gasteiger partial charge is 0.269 e. The standard InChI is InChI=1S/C16H23N5O4S/c1-16(2,3)15-12(11-18-20-15)10-17-8-9-19-26(24,25)14-6-4-13(5-7-14)21(22)23/h4-7,11,17,19H,8-10H2,1-3H3,(H,18,20). The fourth-order valence-corrected chi connectivity index (χ4v) is 3.45. The third-order valence-electron chi connectivity index (χ3n) is 3.74. The van der Waals surface area contributed by atoms with Crippen LogP contribution >= 0.6 is 0 Å². The maximum atomic E-state index is 12.2. The number of aromatic amines is 1. The highest BCUT2D eigenvalue weighted by Crippen LogP contribution is 2.23. The summed E-state index contributed by atoms with van der Waals surface area (Å²) in [6.07, 6.45) is 1.76. The van der Waals surface area contributed by atoms with Crippen LogP contribution in [0, 0.1) is 10.1 Å². The first-order valence-electron chi connectivity index (χ1n) is 8.09. The summed E-state index contributed by atoms with van der Waals surface area (Å²) in [6.45, 7) is 7.46. The van der Waals surface area contributed by atoms with Crippen molar-refractivity contribution < 1.29 is 13.3 Å². The van der Waals surface area contributed by atoms with Crippen molar-refractivity contribution in [3.63, 3.8) is 0 Å². The molecule has 3 N–H and O–H groups in total. The van der Waals surface area contributed by atoms with Crippen LogP contribution < -0.4 is 10.0 Å². The van der Waals surface area contributed by atoms with Crippen LogP contribution in [-0.2, 0) is 22.0 Å². The Morgan fingerprint density at radius 1 is 1.19 bits per heavy atom. The molecule has 142 valence electrons. The van der Waals surface area contributed by atoms with E-state index in [4.69, 9.17) is 0 Å². The topological polar surface area (TPSA) is 130 Å². The first kappa shape index (κ1) is 20.0. The van der Waals surface area contributed by atoms with Crippen LogP contribution in [0.2, 0.25) is 0 Å². The van der Waals surface area contributed by atoms with Crippen LogP contribution in [0.3, 0.4) is 0 Å². The number of hydrogen-bond donors (Lipinski definition) is 3. The minimum absolute atomic E-state index is 0.00652. The van der Waals surface area contributed by atoms with Crippen molar-refractivity contribution >= 4 is 15.7 Å². The number of benzene rings is 1. The maximum Gasteiger partial charge on any atom is 0.269 e. The molecule has 10 heteroatoms. The van der Waals surface area contributed by atoms with Gasteiger partial charge >= 0.3 is 0 Å². The van der Waals surface area contributed by atoms with Gasteiger partial charge in [-0.25, -0.2) is 13.1 Å². The van der Waals surface area contributed by atoms with Gasteiger partial charge in [0.05, 0.1) is 16.0 Å². The Bertz CT molecular complexity index is 854. The molecule has 0 saturated heterocycles. The van der Waals surface area contributed by atoms with Crippen molar-refractivity contribution in [3.05, 3.63) is 51.8 Å². The molecule has 0 spiro atoms. The molecule has 9 nitrogen and oxygen atoms in total. The van der Waals surface area contributed by atoms with Gasteiger partial charge in [0, 0.05) is 48.4 Å². The van der Waals surface area contributed by atoms with E-state index in [0.29, 0.717) is 13.1 Å². The third kappa shape index (κ3) is 5.10. The molecule has 2 rings (SSSR count). The fraction of sp³-hybridized carbons (Fsp3) is 0.438. The summed E-state index contributed by atoms with van der Waals surface area (Å²) in [6, 6.07) is 4.77. The van der Waals surface area contributed by atoms with E-state index < -0.39 is 14.9 Å². The van der Waals surface area contributed by atoms with Crippen LogP contribution in [0.4, 0.5) is 5.69 Å². The number of nitrogens with one attached hydrogen (secondary N) is 3. The summed E-state index contributed by atoms with van der Waals surface area (Å²) in [5.41, 5.74) is 1.87. The summed E-state index contributed by atoms with van der Waals surface area (Å²) in [5, 5.41) is 20.8. The first-order valence-corrected chi connectivity index (χ1v) is 9.57. The minimum Gasteiger partial charge on any atom is -0.311 e. The Hall–Kier alpha value is -2.30. The normalized spacial score (nSPS) is 12.3. The highest BCUT2D eigenvalue weighted by Gasteiger charge is 2.19. The third-order valence-corrected chi connectivity index (χ3v) is 5.21. The lowest BCUT2D eigenvalue weighted by atomic mass is 9.89. The average Bonchev–Trinajstić information content (AvgIpc) is 3.03. The summed E-state index contributed by atoms with van der Waals surface area (Å²) in [4.78, 5) is 10.0. The molecular formula is C16H23N5O4S. The molecule has 0 saturated carbocycles. The van der Waals surface area contributed by atoms with Gasteiger partial charge in [-0.05, 0) is 12.1 Å². The van der Waals surface area contributed by atoms with E-state index >= 15 is 0 Å². The highest BCUT2D eigenvalue weighted by molar-refractivity contribution is 7.89.